The summed E-state index contributed by atoms with van der Waals surface area (Å²) in [5.74, 6) is -0.400. The van der Waals surface area contributed by atoms with Gasteiger partial charge in [0.2, 0.25) is 0 Å². The number of hydrogen-bond acceptors (Lipinski definition) is 5. The molecule has 3 rings (SSSR count). The number of nitrogens with zero attached hydrogens (tertiary/aromatic N) is 1. The minimum atomic E-state index is -0.466. The van der Waals surface area contributed by atoms with Crippen LogP contribution in [0.1, 0.15) is 52.6 Å². The van der Waals surface area contributed by atoms with Crippen molar-refractivity contribution >= 4 is 17.5 Å². The molecule has 1 aliphatic rings. The second-order valence-electron chi connectivity index (χ2n) is 5.83. The zero-order valence-corrected chi connectivity index (χ0v) is 14.2. The summed E-state index contributed by atoms with van der Waals surface area (Å²) < 4.78 is 5.41. The molecule has 0 saturated heterocycles. The molecule has 6 nitrogen and oxygen atoms in total. The normalized spacial score (nSPS) is 14.6. The number of rotatable bonds is 5. The van der Waals surface area contributed by atoms with E-state index in [-0.39, 0.29) is 17.2 Å². The Morgan fingerprint density at radius 2 is 1.92 bits per heavy atom. The van der Waals surface area contributed by atoms with Crippen LogP contribution >= 0.6 is 0 Å². The molecular formula is C19H20N2O4. The van der Waals surface area contributed by atoms with Crippen molar-refractivity contribution in [2.24, 2.45) is 0 Å². The van der Waals surface area contributed by atoms with E-state index in [9.17, 15) is 14.7 Å². The van der Waals surface area contributed by atoms with Gasteiger partial charge in [-0.1, -0.05) is 19.1 Å². The highest BCUT2D eigenvalue weighted by atomic mass is 16.5. The number of phenols is 1. The van der Waals surface area contributed by atoms with Crippen LogP contribution < -0.4 is 10.5 Å². The molecule has 1 unspecified atom stereocenters. The number of anilines is 1. The number of nitrogens with two attached hydrogens (primary N) is 1. The second kappa shape index (κ2) is 6.47. The zero-order chi connectivity index (χ0) is 18.1. The Labute approximate surface area is 145 Å². The van der Waals surface area contributed by atoms with Crippen LogP contribution in [0.15, 0.2) is 36.4 Å². The quantitative estimate of drug-likeness (QED) is 0.644. The summed E-state index contributed by atoms with van der Waals surface area (Å²) in [4.78, 5) is 26.8. The summed E-state index contributed by atoms with van der Waals surface area (Å²) >= 11 is 0. The summed E-state index contributed by atoms with van der Waals surface area (Å²) in [5.41, 5.74) is 7.50. The maximum absolute atomic E-state index is 12.8. The van der Waals surface area contributed by atoms with Crippen LogP contribution in [0.25, 0.3) is 0 Å². The number of carbonyl (C=O) groups is 2. The number of carbonyl (C=O) groups excluding carboxylic acids is 2. The lowest BCUT2D eigenvalue weighted by molar-refractivity contribution is 0.0578. The monoisotopic (exact) mass is 340 g/mol. The molecule has 3 N–H and O–H groups in total. The predicted molar refractivity (Wildman–Crippen MR) is 93.7 cm³/mol. The van der Waals surface area contributed by atoms with E-state index >= 15 is 0 Å². The molecule has 0 radical (unpaired) electrons. The van der Waals surface area contributed by atoms with Gasteiger partial charge in [0.05, 0.1) is 23.8 Å². The van der Waals surface area contributed by atoms with Crippen LogP contribution in [0.2, 0.25) is 0 Å². The first-order valence-electron chi connectivity index (χ1n) is 8.21. The Balaban J connectivity index is 2.03. The molecule has 1 atom stereocenters. The van der Waals surface area contributed by atoms with Gasteiger partial charge < -0.3 is 15.6 Å². The molecule has 6 heteroatoms. The van der Waals surface area contributed by atoms with Crippen LogP contribution in [0, 0.1) is 0 Å². The first-order chi connectivity index (χ1) is 12.0. The number of fused-ring (bicyclic) bond motifs is 1. The molecule has 2 aromatic rings. The van der Waals surface area contributed by atoms with Crippen molar-refractivity contribution in [2.75, 3.05) is 12.3 Å². The van der Waals surface area contributed by atoms with Crippen molar-refractivity contribution in [1.29, 1.82) is 0 Å². The van der Waals surface area contributed by atoms with Gasteiger partial charge in [0.1, 0.15) is 0 Å². The Morgan fingerprint density at radius 3 is 2.56 bits per heavy atom. The standard InChI is InChI=1S/C19H20N2O4/c1-3-14(11-8-9-15(22)16(10-11)25-4-2)21-18(23)12-6-5-7-13(20)17(12)19(21)24/h5-10,14,22H,3-4,20H2,1-2H3. The van der Waals surface area contributed by atoms with E-state index in [1.165, 1.54) is 11.0 Å². The van der Waals surface area contributed by atoms with Gasteiger partial charge >= 0.3 is 0 Å². The molecule has 0 saturated carbocycles. The second-order valence-corrected chi connectivity index (χ2v) is 5.83. The van der Waals surface area contributed by atoms with Crippen LogP contribution in [0.5, 0.6) is 11.5 Å². The van der Waals surface area contributed by atoms with Gasteiger partial charge in [0.25, 0.3) is 11.8 Å². The van der Waals surface area contributed by atoms with Crippen molar-refractivity contribution in [2.45, 2.75) is 26.3 Å². The number of imide groups is 1. The Bertz CT molecular complexity index is 847. The molecule has 0 fully saturated rings. The zero-order valence-electron chi connectivity index (χ0n) is 14.2. The lowest BCUT2D eigenvalue weighted by Crippen LogP contribution is -2.34. The summed E-state index contributed by atoms with van der Waals surface area (Å²) in [5, 5.41) is 9.88. The highest BCUT2D eigenvalue weighted by Crippen LogP contribution is 2.38. The van der Waals surface area contributed by atoms with Crippen LogP contribution in [0.4, 0.5) is 5.69 Å². The third-order valence-electron chi connectivity index (χ3n) is 4.35. The Morgan fingerprint density at radius 1 is 1.16 bits per heavy atom. The molecule has 2 amide bonds. The highest BCUT2D eigenvalue weighted by Gasteiger charge is 2.41. The van der Waals surface area contributed by atoms with Crippen molar-refractivity contribution in [3.05, 3.63) is 53.1 Å². The number of amides is 2. The van der Waals surface area contributed by atoms with Gasteiger partial charge in [-0.3, -0.25) is 14.5 Å². The molecule has 130 valence electrons. The van der Waals surface area contributed by atoms with E-state index < -0.39 is 11.9 Å². The average Bonchev–Trinajstić information content (AvgIpc) is 2.85. The van der Waals surface area contributed by atoms with E-state index in [2.05, 4.69) is 0 Å². The van der Waals surface area contributed by atoms with Gasteiger partial charge in [-0.15, -0.1) is 0 Å². The number of hydrogen-bond donors (Lipinski definition) is 2. The molecule has 0 aliphatic carbocycles. The predicted octanol–water partition coefficient (Wildman–Crippen LogP) is 3.12. The van der Waals surface area contributed by atoms with Crippen LogP contribution in [-0.4, -0.2) is 28.4 Å². The largest absolute Gasteiger partial charge is 0.504 e. The van der Waals surface area contributed by atoms with Gasteiger partial charge in [-0.25, -0.2) is 0 Å². The third kappa shape index (κ3) is 2.69. The molecule has 1 heterocycles. The Kier molecular flexibility index (Phi) is 4.35. The van der Waals surface area contributed by atoms with Crippen molar-refractivity contribution in [1.82, 2.24) is 4.90 Å². The SMILES string of the molecule is CCOc1cc(C(CC)N2C(=O)c3cccc(N)c3C2=O)ccc1O. The van der Waals surface area contributed by atoms with Gasteiger partial charge in [0, 0.05) is 5.69 Å². The number of nitrogen functional groups attached to an aromatic ring is 1. The first-order valence-corrected chi connectivity index (χ1v) is 8.21. The molecule has 0 spiro atoms. The van der Waals surface area contributed by atoms with E-state index in [0.29, 0.717) is 30.0 Å². The lowest BCUT2D eigenvalue weighted by Gasteiger charge is -2.26. The van der Waals surface area contributed by atoms with Gasteiger partial charge in [-0.2, -0.15) is 0 Å². The summed E-state index contributed by atoms with van der Waals surface area (Å²) in [7, 11) is 0. The smallest absolute Gasteiger partial charge is 0.264 e. The molecule has 2 aromatic carbocycles. The lowest BCUT2D eigenvalue weighted by atomic mass is 10.0. The molecule has 0 aromatic heterocycles. The van der Waals surface area contributed by atoms with Crippen LogP contribution in [0.3, 0.4) is 0 Å². The van der Waals surface area contributed by atoms with Gasteiger partial charge in [-0.05, 0) is 43.2 Å². The van der Waals surface area contributed by atoms with E-state index in [0.717, 1.165) is 5.56 Å². The van der Waals surface area contributed by atoms with E-state index in [1.807, 2.05) is 13.8 Å². The number of ether oxygens (including phenoxy) is 1. The number of phenolic OH excluding ortho intramolecular Hbond substituents is 1. The van der Waals surface area contributed by atoms with Crippen molar-refractivity contribution in [3.63, 3.8) is 0 Å². The summed E-state index contributed by atoms with van der Waals surface area (Å²) in [6.07, 6.45) is 0.529. The van der Waals surface area contributed by atoms with Crippen molar-refractivity contribution in [3.8, 4) is 11.5 Å². The fourth-order valence-corrected chi connectivity index (χ4v) is 3.19. The maximum Gasteiger partial charge on any atom is 0.264 e. The average molecular weight is 340 g/mol. The fraction of sp³-hybridized carbons (Fsp3) is 0.263. The molecule has 25 heavy (non-hydrogen) atoms. The highest BCUT2D eigenvalue weighted by molar-refractivity contribution is 6.23. The number of aromatic hydroxyl groups is 1. The van der Waals surface area contributed by atoms with Crippen molar-refractivity contribution < 1.29 is 19.4 Å². The number of benzene rings is 2. The van der Waals surface area contributed by atoms with E-state index in [1.54, 1.807) is 30.3 Å². The summed E-state index contributed by atoms with van der Waals surface area (Å²) in [6, 6.07) is 9.29. The topological polar surface area (TPSA) is 92.9 Å². The van der Waals surface area contributed by atoms with E-state index in [4.69, 9.17) is 10.5 Å². The van der Waals surface area contributed by atoms with Gasteiger partial charge in [0.15, 0.2) is 11.5 Å². The minimum absolute atomic E-state index is 0.0204. The molecule has 0 bridgehead atoms. The molecule has 1 aliphatic heterocycles. The Hall–Kier alpha value is -3.02. The molecular weight excluding hydrogens is 320 g/mol. The summed E-state index contributed by atoms with van der Waals surface area (Å²) in [6.45, 7) is 4.11. The third-order valence-corrected chi connectivity index (χ3v) is 4.35. The maximum atomic E-state index is 12.8. The first kappa shape index (κ1) is 16.8. The minimum Gasteiger partial charge on any atom is -0.504 e. The fourth-order valence-electron chi connectivity index (χ4n) is 3.19. The van der Waals surface area contributed by atoms with Crippen LogP contribution in [-0.2, 0) is 0 Å².